The van der Waals surface area contributed by atoms with E-state index >= 15 is 0 Å². The molecule has 0 atom stereocenters. The van der Waals surface area contributed by atoms with E-state index in [9.17, 15) is 0 Å². The Balaban J connectivity index is 3.17. The van der Waals surface area contributed by atoms with E-state index in [4.69, 9.17) is 8.91 Å². The lowest BCUT2D eigenvalue weighted by Crippen LogP contribution is -2.28. The summed E-state index contributed by atoms with van der Waals surface area (Å²) in [6.45, 7) is 3.50. The zero-order valence-corrected chi connectivity index (χ0v) is 7.36. The zero-order chi connectivity index (χ0) is 5.21. The maximum Gasteiger partial charge on any atom is 0.318 e. The number of hydrogen-bond acceptors (Lipinski definition) is 2. The van der Waals surface area contributed by atoms with Gasteiger partial charge in [0.1, 0.15) is 10.5 Å². The van der Waals surface area contributed by atoms with E-state index in [1.807, 2.05) is 0 Å². The largest absolute Gasteiger partial charge is 0.445 e. The summed E-state index contributed by atoms with van der Waals surface area (Å²) in [7, 11) is -1.41. The molecule has 0 bridgehead atoms. The van der Waals surface area contributed by atoms with Gasteiger partial charge in [-0.1, -0.05) is 0 Å². The molecule has 0 unspecified atom stereocenters. The highest BCUT2D eigenvalue weighted by Crippen LogP contribution is 1.91. The molecule has 6 heavy (non-hydrogen) atoms. The zero-order valence-electron chi connectivity index (χ0n) is 4.36. The van der Waals surface area contributed by atoms with Crippen LogP contribution in [0.1, 0.15) is 0 Å². The summed E-state index contributed by atoms with van der Waals surface area (Å²) < 4.78 is 4.77. The topological polar surface area (TPSA) is 29.5 Å². The number of hydrogen-bond donors (Lipinski definition) is 1. The molecule has 38 valence electrons. The summed E-state index contributed by atoms with van der Waals surface area (Å²) in [5.74, 6) is 0. The first-order valence-electron chi connectivity index (χ1n) is 1.84. The van der Waals surface area contributed by atoms with Gasteiger partial charge in [-0.3, -0.25) is 0 Å². The lowest BCUT2D eigenvalue weighted by Gasteiger charge is -2.09. The van der Waals surface area contributed by atoms with Crippen LogP contribution in [0.3, 0.4) is 0 Å². The third-order valence-electron chi connectivity index (χ3n) is 0.500. The normalized spacial score (nSPS) is 12.5. The van der Waals surface area contributed by atoms with Crippen LogP contribution in [-0.2, 0) is 4.12 Å². The Morgan fingerprint density at radius 3 is 1.83 bits per heavy atom. The molecule has 0 rings (SSSR count). The van der Waals surface area contributed by atoms with Crippen molar-refractivity contribution in [2.75, 3.05) is 0 Å². The Kier molecular flexibility index (Phi) is 1.99. The molecule has 0 radical (unpaired) electrons. The summed E-state index contributed by atoms with van der Waals surface area (Å²) in [4.78, 5) is 8.78. The van der Waals surface area contributed by atoms with Crippen LogP contribution in [0.5, 0.6) is 0 Å². The van der Waals surface area contributed by atoms with Crippen molar-refractivity contribution in [2.24, 2.45) is 0 Å². The minimum absolute atomic E-state index is 0.660. The van der Waals surface area contributed by atoms with Crippen LogP contribution >= 0.6 is 0 Å². The van der Waals surface area contributed by atoms with Crippen molar-refractivity contribution in [1.82, 2.24) is 0 Å². The van der Waals surface area contributed by atoms with Gasteiger partial charge in [-0.15, -0.1) is 0 Å². The molecule has 0 saturated heterocycles. The van der Waals surface area contributed by atoms with Gasteiger partial charge in [-0.2, -0.15) is 0 Å². The summed E-state index contributed by atoms with van der Waals surface area (Å²) in [6, 6.07) is 0. The van der Waals surface area contributed by atoms with Crippen LogP contribution < -0.4 is 0 Å². The summed E-state index contributed by atoms with van der Waals surface area (Å²) in [6.07, 6.45) is 0. The smallest absolute Gasteiger partial charge is 0.318 e. The maximum absolute atomic E-state index is 8.78. The van der Waals surface area contributed by atoms with Gasteiger partial charge in [0.2, 0.25) is 0 Å². The second-order valence-corrected chi connectivity index (χ2v) is 6.18. The molecule has 0 amide bonds. The van der Waals surface area contributed by atoms with Crippen molar-refractivity contribution in [3.05, 3.63) is 0 Å². The Hall–Kier alpha value is 0.354. The molecule has 0 aliphatic carbocycles. The Morgan fingerprint density at radius 2 is 1.83 bits per heavy atom. The van der Waals surface area contributed by atoms with Crippen molar-refractivity contribution in [2.45, 2.75) is 13.1 Å². The van der Waals surface area contributed by atoms with Gasteiger partial charge < -0.3 is 8.91 Å². The molecule has 0 aromatic heterocycles. The van der Waals surface area contributed by atoms with Crippen LogP contribution in [0, 0.1) is 0 Å². The predicted molar refractivity (Wildman–Crippen MR) is 30.7 cm³/mol. The van der Waals surface area contributed by atoms with Crippen LogP contribution in [0.4, 0.5) is 0 Å². The average molecular weight is 122 g/mol. The monoisotopic (exact) mass is 122 g/mol. The molecule has 2 nitrogen and oxygen atoms in total. The van der Waals surface area contributed by atoms with Crippen LogP contribution in [0.25, 0.3) is 0 Å². The van der Waals surface area contributed by atoms with E-state index < -0.39 is 8.56 Å². The lowest BCUT2D eigenvalue weighted by molar-refractivity contribution is 0.412. The van der Waals surface area contributed by atoms with Crippen LogP contribution in [-0.4, -0.2) is 23.8 Å². The number of rotatable bonds is 1. The molecule has 0 aliphatic heterocycles. The van der Waals surface area contributed by atoms with Gasteiger partial charge in [0, 0.05) is 0 Å². The molecular formula is C2H10O2Si2. The molecular weight excluding hydrogens is 112 g/mol. The SMILES string of the molecule is C[Si](C)(O)O[SiH3]. The highest BCUT2D eigenvalue weighted by molar-refractivity contribution is 6.66. The molecule has 1 N–H and O–H groups in total. The van der Waals surface area contributed by atoms with Gasteiger partial charge >= 0.3 is 8.56 Å². The maximum atomic E-state index is 8.78. The first kappa shape index (κ1) is 6.35. The van der Waals surface area contributed by atoms with Crippen LogP contribution in [0.2, 0.25) is 13.1 Å². The summed E-state index contributed by atoms with van der Waals surface area (Å²) >= 11 is 0. The van der Waals surface area contributed by atoms with Crippen molar-refractivity contribution in [3.8, 4) is 0 Å². The minimum Gasteiger partial charge on any atom is -0.445 e. The van der Waals surface area contributed by atoms with Gasteiger partial charge in [0.05, 0.1) is 0 Å². The fourth-order valence-electron chi connectivity index (χ4n) is 0. The first-order valence-corrected chi connectivity index (χ1v) is 5.51. The predicted octanol–water partition coefficient (Wildman–Crippen LogP) is -1.02. The minimum atomic E-state index is -2.07. The van der Waals surface area contributed by atoms with E-state index in [1.165, 1.54) is 0 Å². The van der Waals surface area contributed by atoms with E-state index in [2.05, 4.69) is 0 Å². The van der Waals surface area contributed by atoms with Gasteiger partial charge in [-0.05, 0) is 13.1 Å². The second-order valence-electron chi connectivity index (χ2n) is 1.65. The molecule has 0 saturated carbocycles. The van der Waals surface area contributed by atoms with Crippen LogP contribution in [0.15, 0.2) is 0 Å². The van der Waals surface area contributed by atoms with E-state index in [1.54, 1.807) is 13.1 Å². The standard InChI is InChI=1S/C2H10O2Si2/c1-6(2,3)4-5/h3H,1-2,5H3. The van der Waals surface area contributed by atoms with Crippen molar-refractivity contribution in [1.29, 1.82) is 0 Å². The fourth-order valence-corrected chi connectivity index (χ4v) is 0. The van der Waals surface area contributed by atoms with Crippen molar-refractivity contribution < 1.29 is 8.91 Å². The van der Waals surface area contributed by atoms with E-state index in [-0.39, 0.29) is 0 Å². The fraction of sp³-hybridized carbons (Fsp3) is 1.00. The molecule has 4 heteroatoms. The highest BCUT2D eigenvalue weighted by Gasteiger charge is 2.13. The quantitative estimate of drug-likeness (QED) is 0.451. The molecule has 0 spiro atoms. The molecule has 0 aromatic carbocycles. The van der Waals surface area contributed by atoms with Gasteiger partial charge in [0.25, 0.3) is 0 Å². The highest BCUT2D eigenvalue weighted by atomic mass is 28.4. The van der Waals surface area contributed by atoms with E-state index in [0.717, 1.165) is 0 Å². The second kappa shape index (κ2) is 1.88. The van der Waals surface area contributed by atoms with E-state index in [0.29, 0.717) is 10.5 Å². The third kappa shape index (κ3) is 4.35. The molecule has 0 aliphatic rings. The van der Waals surface area contributed by atoms with Gasteiger partial charge in [-0.25, -0.2) is 0 Å². The average Bonchev–Trinajstić information content (AvgIpc) is 1.35. The Morgan fingerprint density at radius 1 is 1.67 bits per heavy atom. The molecule has 0 fully saturated rings. The van der Waals surface area contributed by atoms with Crippen molar-refractivity contribution in [3.63, 3.8) is 0 Å². The third-order valence-corrected chi connectivity index (χ3v) is 4.50. The lowest BCUT2D eigenvalue weighted by atomic mass is 11.9. The Labute approximate surface area is 41.9 Å². The first-order chi connectivity index (χ1) is 2.56. The Bertz CT molecular complexity index is 39.3. The van der Waals surface area contributed by atoms with Crippen molar-refractivity contribution >= 4 is 19.0 Å². The molecule has 0 aromatic rings. The van der Waals surface area contributed by atoms with Gasteiger partial charge in [0.15, 0.2) is 0 Å². The summed E-state index contributed by atoms with van der Waals surface area (Å²) in [5.41, 5.74) is 0. The molecule has 0 heterocycles. The summed E-state index contributed by atoms with van der Waals surface area (Å²) in [5, 5.41) is 0.